The molecule has 1 aromatic rings. The molecule has 0 fully saturated rings. The van der Waals surface area contributed by atoms with Crippen molar-refractivity contribution < 1.29 is 9.47 Å². The molecule has 1 atom stereocenters. The molecule has 76 valence electrons. The van der Waals surface area contributed by atoms with E-state index in [1.165, 1.54) is 5.56 Å². The Hall–Kier alpha value is -0.700. The van der Waals surface area contributed by atoms with Gasteiger partial charge in [0, 0.05) is 5.33 Å². The van der Waals surface area contributed by atoms with Crippen LogP contribution in [0.25, 0.3) is 0 Å². The fraction of sp³-hybridized carbons (Fsp3) is 0.455. The van der Waals surface area contributed by atoms with Crippen molar-refractivity contribution in [2.45, 2.75) is 19.3 Å². The molecule has 1 aliphatic heterocycles. The number of rotatable bonds is 3. The molecule has 2 rings (SSSR count). The van der Waals surface area contributed by atoms with Gasteiger partial charge in [0.2, 0.25) is 6.79 Å². The van der Waals surface area contributed by atoms with Gasteiger partial charge in [0.1, 0.15) is 0 Å². The van der Waals surface area contributed by atoms with Crippen LogP contribution in [0.15, 0.2) is 18.2 Å². The molecule has 0 aliphatic carbocycles. The third kappa shape index (κ3) is 1.87. The molecular weight excluding hydrogens is 244 g/mol. The first-order chi connectivity index (χ1) is 6.81. The molecule has 0 radical (unpaired) electrons. The van der Waals surface area contributed by atoms with Gasteiger partial charge in [-0.2, -0.15) is 0 Å². The maximum atomic E-state index is 5.33. The summed E-state index contributed by atoms with van der Waals surface area (Å²) in [4.78, 5) is 0. The van der Waals surface area contributed by atoms with E-state index in [0.29, 0.717) is 12.7 Å². The lowest BCUT2D eigenvalue weighted by Crippen LogP contribution is -1.94. The van der Waals surface area contributed by atoms with Crippen molar-refractivity contribution >= 4 is 15.9 Å². The number of halogens is 1. The summed E-state index contributed by atoms with van der Waals surface area (Å²) in [6.45, 7) is 2.57. The molecule has 0 N–H and O–H groups in total. The van der Waals surface area contributed by atoms with Crippen LogP contribution in [0.1, 0.15) is 24.8 Å². The lowest BCUT2D eigenvalue weighted by molar-refractivity contribution is 0.174. The number of ether oxygens (including phenoxy) is 2. The molecular formula is C11H13BrO2. The summed E-state index contributed by atoms with van der Waals surface area (Å²) in [7, 11) is 0. The van der Waals surface area contributed by atoms with Crippen LogP contribution in [0.5, 0.6) is 11.5 Å². The molecule has 0 bridgehead atoms. The summed E-state index contributed by atoms with van der Waals surface area (Å²) >= 11 is 3.45. The van der Waals surface area contributed by atoms with Crippen molar-refractivity contribution in [3.63, 3.8) is 0 Å². The standard InChI is InChI=1S/C11H13BrO2/c1-8(4-5-12)9-2-3-10-11(6-9)14-7-13-10/h2-3,6,8H,4-5,7H2,1H3. The van der Waals surface area contributed by atoms with Gasteiger partial charge in [0.15, 0.2) is 11.5 Å². The predicted octanol–water partition coefficient (Wildman–Crippen LogP) is 3.30. The number of alkyl halides is 1. The molecule has 0 saturated carbocycles. The highest BCUT2D eigenvalue weighted by Gasteiger charge is 2.15. The van der Waals surface area contributed by atoms with Gasteiger partial charge in [-0.05, 0) is 30.0 Å². The molecule has 0 spiro atoms. The van der Waals surface area contributed by atoms with Gasteiger partial charge >= 0.3 is 0 Å². The van der Waals surface area contributed by atoms with Crippen LogP contribution in [0, 0.1) is 0 Å². The Labute approximate surface area is 92.3 Å². The average Bonchev–Trinajstić information content (AvgIpc) is 2.64. The third-order valence-corrected chi connectivity index (χ3v) is 2.97. The fourth-order valence-electron chi connectivity index (χ4n) is 1.55. The van der Waals surface area contributed by atoms with E-state index < -0.39 is 0 Å². The Morgan fingerprint density at radius 2 is 2.14 bits per heavy atom. The van der Waals surface area contributed by atoms with Crippen molar-refractivity contribution in [1.29, 1.82) is 0 Å². The normalized spacial score (nSPS) is 15.6. The van der Waals surface area contributed by atoms with E-state index >= 15 is 0 Å². The average molecular weight is 257 g/mol. The zero-order valence-corrected chi connectivity index (χ0v) is 9.71. The van der Waals surface area contributed by atoms with Gasteiger partial charge in [-0.25, -0.2) is 0 Å². The third-order valence-electron chi connectivity index (χ3n) is 2.51. The Balaban J connectivity index is 2.19. The van der Waals surface area contributed by atoms with Gasteiger partial charge in [0.05, 0.1) is 0 Å². The maximum absolute atomic E-state index is 5.33. The second kappa shape index (κ2) is 4.22. The van der Waals surface area contributed by atoms with Crippen LogP contribution in [-0.4, -0.2) is 12.1 Å². The van der Waals surface area contributed by atoms with E-state index in [1.807, 2.05) is 6.07 Å². The summed E-state index contributed by atoms with van der Waals surface area (Å²) in [6, 6.07) is 6.18. The van der Waals surface area contributed by atoms with Gasteiger partial charge in [-0.1, -0.05) is 28.9 Å². The Kier molecular flexibility index (Phi) is 2.96. The lowest BCUT2D eigenvalue weighted by atomic mass is 9.98. The van der Waals surface area contributed by atoms with E-state index in [4.69, 9.17) is 9.47 Å². The highest BCUT2D eigenvalue weighted by Crippen LogP contribution is 2.35. The summed E-state index contributed by atoms with van der Waals surface area (Å²) in [6.07, 6.45) is 1.14. The predicted molar refractivity (Wildman–Crippen MR) is 59.4 cm³/mol. The molecule has 2 nitrogen and oxygen atoms in total. The number of fused-ring (bicyclic) bond motifs is 1. The first kappa shape index (κ1) is 9.84. The van der Waals surface area contributed by atoms with Gasteiger partial charge in [0.25, 0.3) is 0 Å². The minimum absolute atomic E-state index is 0.353. The summed E-state index contributed by atoms with van der Waals surface area (Å²) in [5, 5.41) is 1.03. The van der Waals surface area contributed by atoms with E-state index in [0.717, 1.165) is 23.2 Å². The van der Waals surface area contributed by atoms with Crippen LogP contribution in [0.4, 0.5) is 0 Å². The van der Waals surface area contributed by atoms with Crippen molar-refractivity contribution in [1.82, 2.24) is 0 Å². The van der Waals surface area contributed by atoms with E-state index in [1.54, 1.807) is 0 Å². The van der Waals surface area contributed by atoms with Gasteiger partial charge in [-0.15, -0.1) is 0 Å². The molecule has 1 heterocycles. The number of hydrogen-bond donors (Lipinski definition) is 0. The SMILES string of the molecule is CC(CCBr)c1ccc2c(c1)OCO2. The Morgan fingerprint density at radius 1 is 1.36 bits per heavy atom. The van der Waals surface area contributed by atoms with Crippen LogP contribution in [-0.2, 0) is 0 Å². The fourth-order valence-corrected chi connectivity index (χ4v) is 2.24. The first-order valence-electron chi connectivity index (χ1n) is 4.77. The maximum Gasteiger partial charge on any atom is 0.231 e. The minimum Gasteiger partial charge on any atom is -0.454 e. The lowest BCUT2D eigenvalue weighted by Gasteiger charge is -2.10. The van der Waals surface area contributed by atoms with Crippen LogP contribution >= 0.6 is 15.9 Å². The minimum atomic E-state index is 0.353. The summed E-state index contributed by atoms with van der Waals surface area (Å²) in [5.41, 5.74) is 1.31. The van der Waals surface area contributed by atoms with Crippen molar-refractivity contribution in [3.8, 4) is 11.5 Å². The highest BCUT2D eigenvalue weighted by atomic mass is 79.9. The molecule has 0 amide bonds. The molecule has 3 heteroatoms. The number of benzene rings is 1. The summed E-state index contributed by atoms with van der Waals surface area (Å²) in [5.74, 6) is 2.30. The molecule has 0 saturated heterocycles. The van der Waals surface area contributed by atoms with E-state index in [2.05, 4.69) is 35.0 Å². The monoisotopic (exact) mass is 256 g/mol. The van der Waals surface area contributed by atoms with E-state index in [-0.39, 0.29) is 0 Å². The zero-order valence-electron chi connectivity index (χ0n) is 8.13. The quantitative estimate of drug-likeness (QED) is 0.773. The first-order valence-corrected chi connectivity index (χ1v) is 5.89. The second-order valence-electron chi connectivity index (χ2n) is 3.49. The topological polar surface area (TPSA) is 18.5 Å². The smallest absolute Gasteiger partial charge is 0.231 e. The highest BCUT2D eigenvalue weighted by molar-refractivity contribution is 9.09. The van der Waals surface area contributed by atoms with Crippen molar-refractivity contribution in [2.75, 3.05) is 12.1 Å². The van der Waals surface area contributed by atoms with Crippen LogP contribution in [0.3, 0.4) is 0 Å². The van der Waals surface area contributed by atoms with Crippen LogP contribution in [0.2, 0.25) is 0 Å². The van der Waals surface area contributed by atoms with Crippen molar-refractivity contribution in [2.24, 2.45) is 0 Å². The summed E-state index contributed by atoms with van der Waals surface area (Å²) < 4.78 is 10.6. The van der Waals surface area contributed by atoms with E-state index in [9.17, 15) is 0 Å². The Morgan fingerprint density at radius 3 is 2.93 bits per heavy atom. The number of hydrogen-bond acceptors (Lipinski definition) is 2. The van der Waals surface area contributed by atoms with Gasteiger partial charge < -0.3 is 9.47 Å². The largest absolute Gasteiger partial charge is 0.454 e. The molecule has 1 aliphatic rings. The Bertz CT molecular complexity index is 325. The molecule has 1 aromatic carbocycles. The molecule has 1 unspecified atom stereocenters. The van der Waals surface area contributed by atoms with Crippen molar-refractivity contribution in [3.05, 3.63) is 23.8 Å². The second-order valence-corrected chi connectivity index (χ2v) is 4.28. The molecule has 0 aromatic heterocycles. The van der Waals surface area contributed by atoms with Crippen LogP contribution < -0.4 is 9.47 Å². The zero-order chi connectivity index (χ0) is 9.97. The molecule has 14 heavy (non-hydrogen) atoms. The van der Waals surface area contributed by atoms with Gasteiger partial charge in [-0.3, -0.25) is 0 Å².